The van der Waals surface area contributed by atoms with E-state index < -0.39 is 0 Å². The Labute approximate surface area is 129 Å². The van der Waals surface area contributed by atoms with Crippen molar-refractivity contribution in [2.75, 3.05) is 25.5 Å². The number of carbonyl (C=O) groups is 1. The van der Waals surface area contributed by atoms with Gasteiger partial charge in [-0.25, -0.2) is 9.97 Å². The van der Waals surface area contributed by atoms with Crippen molar-refractivity contribution < 1.29 is 4.79 Å². The zero-order valence-electron chi connectivity index (χ0n) is 12.8. The van der Waals surface area contributed by atoms with Crippen molar-refractivity contribution in [1.82, 2.24) is 19.9 Å². The summed E-state index contributed by atoms with van der Waals surface area (Å²) in [6.07, 6.45) is 7.22. The molecule has 114 valence electrons. The van der Waals surface area contributed by atoms with Crippen molar-refractivity contribution >= 4 is 11.7 Å². The molecule has 6 nitrogen and oxygen atoms in total. The first-order valence-electron chi connectivity index (χ1n) is 7.38. The number of hydrogen-bond donors (Lipinski definition) is 0. The number of pyridine rings is 1. The molecule has 0 radical (unpaired) electrons. The second kappa shape index (κ2) is 6.09. The van der Waals surface area contributed by atoms with Crippen molar-refractivity contribution in [2.24, 2.45) is 0 Å². The van der Waals surface area contributed by atoms with Gasteiger partial charge < -0.3 is 9.80 Å². The van der Waals surface area contributed by atoms with Crippen LogP contribution in [-0.4, -0.2) is 46.4 Å². The Hall–Kier alpha value is -2.50. The SMILES string of the molecule is CN(C)C(=O)c1cccc([C@H]2CCCN2c2cnccn2)n1. The molecule has 1 amide bonds. The number of hydrogen-bond acceptors (Lipinski definition) is 5. The third kappa shape index (κ3) is 2.77. The van der Waals surface area contributed by atoms with Gasteiger partial charge in [-0.3, -0.25) is 9.78 Å². The van der Waals surface area contributed by atoms with Gasteiger partial charge in [-0.1, -0.05) is 6.07 Å². The number of rotatable bonds is 3. The molecule has 1 saturated heterocycles. The first-order valence-corrected chi connectivity index (χ1v) is 7.38. The smallest absolute Gasteiger partial charge is 0.271 e. The predicted octanol–water partition coefficient (Wildman–Crippen LogP) is 1.91. The van der Waals surface area contributed by atoms with Crippen LogP contribution in [0, 0.1) is 0 Å². The zero-order chi connectivity index (χ0) is 15.5. The average molecular weight is 297 g/mol. The first kappa shape index (κ1) is 14.4. The molecule has 1 aliphatic heterocycles. The van der Waals surface area contributed by atoms with Crippen molar-refractivity contribution in [3.8, 4) is 0 Å². The topological polar surface area (TPSA) is 62.2 Å². The lowest BCUT2D eigenvalue weighted by molar-refractivity contribution is 0.0821. The van der Waals surface area contributed by atoms with E-state index in [9.17, 15) is 4.79 Å². The van der Waals surface area contributed by atoms with Crippen LogP contribution in [0.4, 0.5) is 5.82 Å². The molecular formula is C16H19N5O. The standard InChI is InChI=1S/C16H19N5O/c1-20(2)16(22)13-6-3-5-12(19-13)14-7-4-10-21(14)15-11-17-8-9-18-15/h3,5-6,8-9,11,14H,4,7,10H2,1-2H3/t14-/m1/s1. The molecule has 0 unspecified atom stereocenters. The van der Waals surface area contributed by atoms with Crippen LogP contribution in [0.5, 0.6) is 0 Å². The van der Waals surface area contributed by atoms with Gasteiger partial charge in [-0.05, 0) is 25.0 Å². The van der Waals surface area contributed by atoms with Crippen molar-refractivity contribution in [3.05, 3.63) is 48.2 Å². The quantitative estimate of drug-likeness (QED) is 0.866. The molecule has 2 aromatic rings. The molecule has 1 atom stereocenters. The highest BCUT2D eigenvalue weighted by atomic mass is 16.2. The largest absolute Gasteiger partial charge is 0.347 e. The summed E-state index contributed by atoms with van der Waals surface area (Å²) in [5.41, 5.74) is 1.39. The number of nitrogens with zero attached hydrogens (tertiary/aromatic N) is 5. The molecule has 0 bridgehead atoms. The van der Waals surface area contributed by atoms with Gasteiger partial charge in [0, 0.05) is 33.0 Å². The van der Waals surface area contributed by atoms with Gasteiger partial charge in [0.1, 0.15) is 11.5 Å². The Kier molecular flexibility index (Phi) is 4.00. The maximum absolute atomic E-state index is 12.1. The molecule has 0 aromatic carbocycles. The molecule has 0 spiro atoms. The molecule has 1 aliphatic rings. The van der Waals surface area contributed by atoms with Gasteiger partial charge in [-0.2, -0.15) is 0 Å². The summed E-state index contributed by atoms with van der Waals surface area (Å²) in [5, 5.41) is 0. The third-order valence-corrected chi connectivity index (χ3v) is 3.83. The van der Waals surface area contributed by atoms with Crippen molar-refractivity contribution in [2.45, 2.75) is 18.9 Å². The summed E-state index contributed by atoms with van der Waals surface area (Å²) in [5.74, 6) is 0.780. The molecule has 0 aliphatic carbocycles. The van der Waals surface area contributed by atoms with Crippen LogP contribution in [-0.2, 0) is 0 Å². The Balaban J connectivity index is 1.90. The van der Waals surface area contributed by atoms with Crippen LogP contribution in [0.1, 0.15) is 35.1 Å². The van der Waals surface area contributed by atoms with E-state index in [2.05, 4.69) is 19.9 Å². The second-order valence-electron chi connectivity index (χ2n) is 5.56. The predicted molar refractivity (Wildman–Crippen MR) is 83.6 cm³/mol. The van der Waals surface area contributed by atoms with Gasteiger partial charge in [0.05, 0.1) is 17.9 Å². The molecule has 0 saturated carbocycles. The lowest BCUT2D eigenvalue weighted by Gasteiger charge is -2.25. The molecule has 1 fully saturated rings. The third-order valence-electron chi connectivity index (χ3n) is 3.83. The van der Waals surface area contributed by atoms with Crippen LogP contribution >= 0.6 is 0 Å². The van der Waals surface area contributed by atoms with Crippen molar-refractivity contribution in [3.63, 3.8) is 0 Å². The Morgan fingerprint density at radius 3 is 2.91 bits per heavy atom. The van der Waals surface area contributed by atoms with Crippen LogP contribution in [0.15, 0.2) is 36.8 Å². The first-order chi connectivity index (χ1) is 10.7. The average Bonchev–Trinajstić information content (AvgIpc) is 3.04. The molecule has 2 aromatic heterocycles. The number of carbonyl (C=O) groups excluding carboxylic acids is 1. The number of anilines is 1. The highest BCUT2D eigenvalue weighted by Crippen LogP contribution is 2.33. The molecule has 0 N–H and O–H groups in total. The van der Waals surface area contributed by atoms with E-state index in [1.54, 1.807) is 43.7 Å². The maximum atomic E-state index is 12.1. The molecule has 3 heterocycles. The number of amides is 1. The minimum Gasteiger partial charge on any atom is -0.347 e. The van der Waals surface area contributed by atoms with Crippen LogP contribution in [0.2, 0.25) is 0 Å². The summed E-state index contributed by atoms with van der Waals surface area (Å²) in [6.45, 7) is 0.927. The minimum absolute atomic E-state index is 0.0779. The molecule has 3 rings (SSSR count). The summed E-state index contributed by atoms with van der Waals surface area (Å²) in [4.78, 5) is 28.9. The Bertz CT molecular complexity index is 659. The van der Waals surface area contributed by atoms with Gasteiger partial charge in [0.15, 0.2) is 0 Å². The van der Waals surface area contributed by atoms with Gasteiger partial charge in [0.25, 0.3) is 5.91 Å². The van der Waals surface area contributed by atoms with E-state index in [0.29, 0.717) is 5.69 Å². The maximum Gasteiger partial charge on any atom is 0.271 e. The molecular weight excluding hydrogens is 278 g/mol. The summed E-state index contributed by atoms with van der Waals surface area (Å²) in [7, 11) is 3.47. The van der Waals surface area contributed by atoms with E-state index in [1.165, 1.54) is 0 Å². The summed E-state index contributed by atoms with van der Waals surface area (Å²) in [6, 6.07) is 5.78. The number of aromatic nitrogens is 3. The zero-order valence-corrected chi connectivity index (χ0v) is 12.8. The van der Waals surface area contributed by atoms with Crippen LogP contribution in [0.3, 0.4) is 0 Å². The van der Waals surface area contributed by atoms with Crippen molar-refractivity contribution in [1.29, 1.82) is 0 Å². The Morgan fingerprint density at radius 1 is 1.32 bits per heavy atom. The van der Waals surface area contributed by atoms with E-state index in [4.69, 9.17) is 0 Å². The summed E-state index contributed by atoms with van der Waals surface area (Å²) >= 11 is 0. The molecule has 22 heavy (non-hydrogen) atoms. The fourth-order valence-corrected chi connectivity index (χ4v) is 2.77. The van der Waals surface area contributed by atoms with Crippen LogP contribution in [0.25, 0.3) is 0 Å². The second-order valence-corrected chi connectivity index (χ2v) is 5.56. The van der Waals surface area contributed by atoms with E-state index in [0.717, 1.165) is 30.9 Å². The highest BCUT2D eigenvalue weighted by Gasteiger charge is 2.28. The Morgan fingerprint density at radius 2 is 2.18 bits per heavy atom. The lowest BCUT2D eigenvalue weighted by Crippen LogP contribution is -2.26. The normalized spacial score (nSPS) is 17.5. The minimum atomic E-state index is -0.0779. The van der Waals surface area contributed by atoms with Gasteiger partial charge in [-0.15, -0.1) is 0 Å². The monoisotopic (exact) mass is 297 g/mol. The van der Waals surface area contributed by atoms with E-state index in [1.807, 2.05) is 12.1 Å². The summed E-state index contributed by atoms with van der Waals surface area (Å²) < 4.78 is 0. The van der Waals surface area contributed by atoms with E-state index in [-0.39, 0.29) is 11.9 Å². The lowest BCUT2D eigenvalue weighted by atomic mass is 10.1. The van der Waals surface area contributed by atoms with Gasteiger partial charge >= 0.3 is 0 Å². The fourth-order valence-electron chi connectivity index (χ4n) is 2.77. The highest BCUT2D eigenvalue weighted by molar-refractivity contribution is 5.91. The molecule has 6 heteroatoms. The van der Waals surface area contributed by atoms with E-state index >= 15 is 0 Å². The van der Waals surface area contributed by atoms with Gasteiger partial charge in [0.2, 0.25) is 0 Å². The fraction of sp³-hybridized carbons (Fsp3) is 0.375. The van der Waals surface area contributed by atoms with Crippen LogP contribution < -0.4 is 4.90 Å².